The van der Waals surface area contributed by atoms with E-state index in [0.717, 1.165) is 48.9 Å². The van der Waals surface area contributed by atoms with Crippen LogP contribution in [0.3, 0.4) is 0 Å². The Balaban J connectivity index is 1.44. The van der Waals surface area contributed by atoms with Crippen LogP contribution in [-0.2, 0) is 13.1 Å². The van der Waals surface area contributed by atoms with E-state index in [2.05, 4.69) is 63.3 Å². The van der Waals surface area contributed by atoms with Crippen LogP contribution in [0, 0.1) is 18.8 Å². The maximum atomic E-state index is 9.51. The highest BCUT2D eigenvalue weighted by molar-refractivity contribution is 5.72. The van der Waals surface area contributed by atoms with Crippen molar-refractivity contribution in [1.29, 1.82) is 0 Å². The normalized spacial score (nSPS) is 17.7. The first-order chi connectivity index (χ1) is 17.1. The second-order valence-electron chi connectivity index (χ2n) is 9.32. The largest absolute Gasteiger partial charge is 0.396 e. The summed E-state index contributed by atoms with van der Waals surface area (Å²) in [6, 6.07) is 14.5. The molecule has 0 saturated heterocycles. The molecule has 1 heterocycles. The summed E-state index contributed by atoms with van der Waals surface area (Å²) in [6.07, 6.45) is 5.84. The minimum absolute atomic E-state index is 0.279. The molecule has 0 unspecified atom stereocenters. The van der Waals surface area contributed by atoms with Gasteiger partial charge in [0.05, 0.1) is 6.20 Å². The van der Waals surface area contributed by atoms with Crippen LogP contribution in [0.5, 0.6) is 0 Å². The van der Waals surface area contributed by atoms with Crippen LogP contribution in [0.4, 0.5) is 17.5 Å². The lowest BCUT2D eigenvalue weighted by Gasteiger charge is -2.27. The van der Waals surface area contributed by atoms with Gasteiger partial charge in [-0.05, 0) is 72.3 Å². The zero-order valence-corrected chi connectivity index (χ0v) is 20.3. The Hall–Kier alpha value is -3.20. The second kappa shape index (κ2) is 12.0. The van der Waals surface area contributed by atoms with Crippen molar-refractivity contribution in [2.24, 2.45) is 17.6 Å². The van der Waals surface area contributed by atoms with Gasteiger partial charge in [0.25, 0.3) is 0 Å². The molecule has 2 aromatic carbocycles. The van der Waals surface area contributed by atoms with E-state index in [-0.39, 0.29) is 6.61 Å². The smallest absolute Gasteiger partial charge is 0.225 e. The molecule has 7 N–H and O–H groups in total. The molecule has 35 heavy (non-hydrogen) atoms. The number of aliphatic hydroxyl groups excluding tert-OH is 1. The molecule has 0 amide bonds. The van der Waals surface area contributed by atoms with Gasteiger partial charge in [-0.3, -0.25) is 10.7 Å². The molecule has 1 fully saturated rings. The summed E-state index contributed by atoms with van der Waals surface area (Å²) >= 11 is 0. The van der Waals surface area contributed by atoms with Crippen molar-refractivity contribution in [2.75, 3.05) is 29.3 Å². The molecule has 0 atom stereocenters. The number of nitrogens with one attached hydrogen (secondary N) is 3. The molecule has 1 aromatic heterocycles. The predicted molar refractivity (Wildman–Crippen MR) is 140 cm³/mol. The molecule has 186 valence electrons. The lowest BCUT2D eigenvalue weighted by molar-refractivity contribution is 0.170. The number of hydrogen-bond acceptors (Lipinski definition) is 8. The molecule has 1 aliphatic carbocycles. The average Bonchev–Trinajstić information content (AvgIpc) is 2.91. The summed E-state index contributed by atoms with van der Waals surface area (Å²) in [6.45, 7) is 4.24. The third-order valence-electron chi connectivity index (χ3n) is 7.10. The van der Waals surface area contributed by atoms with E-state index >= 15 is 0 Å². The fourth-order valence-electron chi connectivity index (χ4n) is 4.84. The summed E-state index contributed by atoms with van der Waals surface area (Å²) in [7, 11) is 0. The molecule has 4 rings (SSSR count). The number of rotatable bonds is 10. The Morgan fingerprint density at radius 2 is 1.66 bits per heavy atom. The second-order valence-corrected chi connectivity index (χ2v) is 9.32. The zero-order chi connectivity index (χ0) is 24.6. The molecular formula is C27H36N6O2. The van der Waals surface area contributed by atoms with Crippen molar-refractivity contribution in [3.63, 3.8) is 0 Å². The number of benzene rings is 2. The summed E-state index contributed by atoms with van der Waals surface area (Å²) in [5, 5.41) is 25.6. The highest BCUT2D eigenvalue weighted by Crippen LogP contribution is 2.30. The molecular weight excluding hydrogens is 440 g/mol. The highest BCUT2D eigenvalue weighted by Gasteiger charge is 2.21. The molecule has 8 heteroatoms. The molecule has 0 spiro atoms. The molecule has 1 aliphatic rings. The molecule has 1 saturated carbocycles. The third-order valence-corrected chi connectivity index (χ3v) is 7.10. The van der Waals surface area contributed by atoms with E-state index < -0.39 is 0 Å². The monoisotopic (exact) mass is 476 g/mol. The topological polar surface area (TPSA) is 128 Å². The van der Waals surface area contributed by atoms with Crippen LogP contribution in [0.15, 0.2) is 48.7 Å². The first kappa shape index (κ1) is 24.9. The van der Waals surface area contributed by atoms with E-state index in [1.54, 1.807) is 6.20 Å². The Morgan fingerprint density at radius 3 is 2.40 bits per heavy atom. The Bertz CT molecular complexity index is 1110. The van der Waals surface area contributed by atoms with Gasteiger partial charge in [-0.15, -0.1) is 0 Å². The molecule has 3 aromatic rings. The Kier molecular flexibility index (Phi) is 8.52. The minimum atomic E-state index is 0.279. The third kappa shape index (κ3) is 6.08. The maximum Gasteiger partial charge on any atom is 0.225 e. The van der Waals surface area contributed by atoms with Gasteiger partial charge in [-0.2, -0.15) is 4.98 Å². The van der Waals surface area contributed by atoms with E-state index in [1.807, 2.05) is 12.1 Å². The molecule has 8 nitrogen and oxygen atoms in total. The predicted octanol–water partition coefficient (Wildman–Crippen LogP) is 4.53. The van der Waals surface area contributed by atoms with Gasteiger partial charge < -0.3 is 21.5 Å². The van der Waals surface area contributed by atoms with Gasteiger partial charge in [0.1, 0.15) is 5.69 Å². The summed E-state index contributed by atoms with van der Waals surface area (Å²) in [5.74, 6) is 2.01. The van der Waals surface area contributed by atoms with E-state index in [9.17, 15) is 10.3 Å². The summed E-state index contributed by atoms with van der Waals surface area (Å²) < 4.78 is 0. The highest BCUT2D eigenvalue weighted by atomic mass is 16.5. The SMILES string of the molecule is Cc1c(CNc2ncc(NO)c(NCC3CCC(CO)CC3)n2)cccc1-c1ccccc1CN. The standard InChI is InChI=1S/C27H36N6O2/c1-18-22(6-4-8-23(18)24-7-3-2-5-21(24)13-28)15-30-27-31-16-25(33-35)26(32-27)29-14-19-9-11-20(17-34)12-10-19/h2-8,16,19-20,33-35H,9-15,17,28H2,1H3,(H2,29,30,31,32). The van der Waals surface area contributed by atoms with Crippen molar-refractivity contribution in [3.8, 4) is 11.1 Å². The quantitative estimate of drug-likeness (QED) is 0.235. The number of aromatic nitrogens is 2. The van der Waals surface area contributed by atoms with Crippen molar-refractivity contribution < 1.29 is 10.3 Å². The minimum Gasteiger partial charge on any atom is -0.396 e. The first-order valence-electron chi connectivity index (χ1n) is 12.4. The lowest BCUT2D eigenvalue weighted by atomic mass is 9.82. The van der Waals surface area contributed by atoms with Crippen molar-refractivity contribution in [2.45, 2.75) is 45.7 Å². The molecule has 0 aliphatic heterocycles. The summed E-state index contributed by atoms with van der Waals surface area (Å²) in [5.41, 5.74) is 14.4. The number of nitrogens with zero attached hydrogens (tertiary/aromatic N) is 2. The Morgan fingerprint density at radius 1 is 0.943 bits per heavy atom. The van der Waals surface area contributed by atoms with Crippen LogP contribution in [-0.4, -0.2) is 33.4 Å². The molecule has 0 radical (unpaired) electrons. The van der Waals surface area contributed by atoms with Gasteiger partial charge >= 0.3 is 0 Å². The van der Waals surface area contributed by atoms with E-state index in [4.69, 9.17) is 5.73 Å². The maximum absolute atomic E-state index is 9.51. The van der Waals surface area contributed by atoms with Gasteiger partial charge in [0.2, 0.25) is 5.95 Å². The number of anilines is 3. The van der Waals surface area contributed by atoms with Crippen LogP contribution < -0.4 is 21.8 Å². The Labute approximate surface area is 207 Å². The van der Waals surface area contributed by atoms with Gasteiger partial charge in [-0.1, -0.05) is 42.5 Å². The van der Waals surface area contributed by atoms with Crippen LogP contribution in [0.1, 0.15) is 42.4 Å². The number of nitrogens with two attached hydrogens (primary N) is 1. The van der Waals surface area contributed by atoms with Gasteiger partial charge in [0.15, 0.2) is 5.82 Å². The fraction of sp³-hybridized carbons (Fsp3) is 0.407. The van der Waals surface area contributed by atoms with Crippen LogP contribution in [0.25, 0.3) is 11.1 Å². The van der Waals surface area contributed by atoms with E-state index in [1.165, 1.54) is 11.1 Å². The fourth-order valence-corrected chi connectivity index (χ4v) is 4.84. The van der Waals surface area contributed by atoms with Gasteiger partial charge in [-0.25, -0.2) is 4.98 Å². The summed E-state index contributed by atoms with van der Waals surface area (Å²) in [4.78, 5) is 8.95. The lowest BCUT2D eigenvalue weighted by Crippen LogP contribution is -2.23. The van der Waals surface area contributed by atoms with Gasteiger partial charge in [0, 0.05) is 26.2 Å². The van der Waals surface area contributed by atoms with Crippen molar-refractivity contribution >= 4 is 17.5 Å². The first-order valence-corrected chi connectivity index (χ1v) is 12.4. The number of aliphatic hydroxyl groups is 1. The van der Waals surface area contributed by atoms with Crippen molar-refractivity contribution in [1.82, 2.24) is 9.97 Å². The zero-order valence-electron chi connectivity index (χ0n) is 20.3. The van der Waals surface area contributed by atoms with E-state index in [0.29, 0.717) is 42.4 Å². The molecule has 0 bridgehead atoms. The average molecular weight is 477 g/mol. The van der Waals surface area contributed by atoms with Crippen LogP contribution >= 0.6 is 0 Å². The van der Waals surface area contributed by atoms with Crippen LogP contribution in [0.2, 0.25) is 0 Å². The van der Waals surface area contributed by atoms with Crippen molar-refractivity contribution in [3.05, 3.63) is 65.4 Å². The number of hydrogen-bond donors (Lipinski definition) is 6.